The Hall–Kier alpha value is -2.01. The van der Waals surface area contributed by atoms with Crippen LogP contribution in [0.1, 0.15) is 16.1 Å². The molecule has 0 aliphatic carbocycles. The predicted octanol–water partition coefficient (Wildman–Crippen LogP) is 2.20. The van der Waals surface area contributed by atoms with Gasteiger partial charge >= 0.3 is 5.97 Å². The first-order valence-electron chi connectivity index (χ1n) is 4.76. The van der Waals surface area contributed by atoms with Gasteiger partial charge in [-0.25, -0.2) is 14.8 Å². The van der Waals surface area contributed by atoms with Gasteiger partial charge in [0.25, 0.3) is 0 Å². The number of hydrogen-bond donors (Lipinski definition) is 1. The Morgan fingerprint density at radius 2 is 2.18 bits per heavy atom. The largest absolute Gasteiger partial charge is 0.476 e. The van der Waals surface area contributed by atoms with Crippen LogP contribution in [0.5, 0.6) is 0 Å². The molecule has 0 unspecified atom stereocenters. The molecule has 0 saturated carbocycles. The maximum absolute atomic E-state index is 10.9. The fraction of sp³-hybridized carbons (Fsp3) is 0.0909. The topological polar surface area (TPSA) is 76.0 Å². The van der Waals surface area contributed by atoms with Crippen molar-refractivity contribution in [1.29, 1.82) is 0 Å². The summed E-state index contributed by atoms with van der Waals surface area (Å²) in [6, 6.07) is 1.73. The van der Waals surface area contributed by atoms with Crippen molar-refractivity contribution in [3.8, 4) is 11.4 Å². The number of aromatic nitrogens is 3. The van der Waals surface area contributed by atoms with Crippen molar-refractivity contribution in [3.05, 3.63) is 40.9 Å². The third kappa shape index (κ3) is 2.24. The van der Waals surface area contributed by atoms with Crippen LogP contribution in [0.25, 0.3) is 11.4 Å². The van der Waals surface area contributed by atoms with E-state index in [0.717, 1.165) is 11.1 Å². The van der Waals surface area contributed by atoms with Crippen molar-refractivity contribution in [1.82, 2.24) is 15.0 Å². The zero-order valence-electron chi connectivity index (χ0n) is 8.88. The number of halogens is 1. The lowest BCUT2D eigenvalue weighted by Crippen LogP contribution is -2.04. The van der Waals surface area contributed by atoms with Crippen LogP contribution in [-0.4, -0.2) is 26.0 Å². The summed E-state index contributed by atoms with van der Waals surface area (Å²) in [4.78, 5) is 22.8. The van der Waals surface area contributed by atoms with Gasteiger partial charge in [-0.2, -0.15) is 0 Å². The Morgan fingerprint density at radius 1 is 1.41 bits per heavy atom. The highest BCUT2D eigenvalue weighted by Gasteiger charge is 2.14. The summed E-state index contributed by atoms with van der Waals surface area (Å²) >= 11 is 5.70. The van der Waals surface area contributed by atoms with Gasteiger partial charge in [-0.1, -0.05) is 11.6 Å². The third-order valence-electron chi connectivity index (χ3n) is 2.21. The third-order valence-corrected chi connectivity index (χ3v) is 2.48. The molecule has 5 nitrogen and oxygen atoms in total. The predicted molar refractivity (Wildman–Crippen MR) is 62.0 cm³/mol. The molecule has 0 bridgehead atoms. The van der Waals surface area contributed by atoms with E-state index in [1.54, 1.807) is 18.5 Å². The average molecular weight is 250 g/mol. The average Bonchev–Trinajstić information content (AvgIpc) is 2.30. The first kappa shape index (κ1) is 11.5. The lowest BCUT2D eigenvalue weighted by Gasteiger charge is -2.05. The fourth-order valence-electron chi connectivity index (χ4n) is 1.37. The van der Waals surface area contributed by atoms with Gasteiger partial charge in [-0.05, 0) is 18.6 Å². The number of nitrogens with zero attached hydrogens (tertiary/aromatic N) is 3. The Kier molecular flexibility index (Phi) is 3.01. The van der Waals surface area contributed by atoms with Gasteiger partial charge in [0.15, 0.2) is 11.5 Å². The van der Waals surface area contributed by atoms with Gasteiger partial charge in [0.2, 0.25) is 0 Å². The smallest absolute Gasteiger partial charge is 0.356 e. The second-order valence-corrected chi connectivity index (χ2v) is 3.79. The molecule has 0 radical (unpaired) electrons. The highest BCUT2D eigenvalue weighted by Crippen LogP contribution is 2.21. The highest BCUT2D eigenvalue weighted by molar-refractivity contribution is 6.33. The minimum atomic E-state index is -1.18. The van der Waals surface area contributed by atoms with E-state index >= 15 is 0 Å². The normalized spacial score (nSPS) is 10.2. The molecule has 0 fully saturated rings. The van der Waals surface area contributed by atoms with Gasteiger partial charge < -0.3 is 5.11 Å². The Morgan fingerprint density at radius 3 is 2.82 bits per heavy atom. The van der Waals surface area contributed by atoms with Crippen LogP contribution in [0.3, 0.4) is 0 Å². The standard InChI is InChI=1S/C11H8ClN3O2/c1-6-4-13-3-2-7(6)10-14-5-8(12)9(15-10)11(16)17/h2-5H,1H3,(H,16,17). The molecule has 0 aliphatic rings. The zero-order chi connectivity index (χ0) is 12.4. The molecule has 0 aromatic carbocycles. The van der Waals surface area contributed by atoms with Crippen molar-refractivity contribution in [2.45, 2.75) is 6.92 Å². The van der Waals surface area contributed by atoms with Gasteiger partial charge in [0, 0.05) is 18.0 Å². The maximum atomic E-state index is 10.9. The quantitative estimate of drug-likeness (QED) is 0.883. The van der Waals surface area contributed by atoms with Gasteiger partial charge in [-0.3, -0.25) is 4.98 Å². The second-order valence-electron chi connectivity index (χ2n) is 3.39. The van der Waals surface area contributed by atoms with Crippen molar-refractivity contribution < 1.29 is 9.90 Å². The summed E-state index contributed by atoms with van der Waals surface area (Å²) in [7, 11) is 0. The van der Waals surface area contributed by atoms with E-state index in [0.29, 0.717) is 5.82 Å². The van der Waals surface area contributed by atoms with Crippen LogP contribution in [0.15, 0.2) is 24.7 Å². The number of carbonyl (C=O) groups is 1. The first-order valence-corrected chi connectivity index (χ1v) is 5.14. The van der Waals surface area contributed by atoms with Crippen molar-refractivity contribution in [3.63, 3.8) is 0 Å². The van der Waals surface area contributed by atoms with Gasteiger partial charge in [-0.15, -0.1) is 0 Å². The molecule has 0 spiro atoms. The highest BCUT2D eigenvalue weighted by atomic mass is 35.5. The molecule has 0 saturated heterocycles. The Bertz CT molecular complexity index is 587. The van der Waals surface area contributed by atoms with Gasteiger partial charge in [0.1, 0.15) is 0 Å². The molecule has 86 valence electrons. The van der Waals surface area contributed by atoms with Crippen LogP contribution in [0.2, 0.25) is 5.02 Å². The Labute approximate surface area is 102 Å². The molecule has 6 heteroatoms. The molecule has 2 aromatic heterocycles. The monoisotopic (exact) mass is 249 g/mol. The molecule has 2 heterocycles. The molecular formula is C11H8ClN3O2. The minimum absolute atomic E-state index is 0.0213. The molecule has 0 atom stereocenters. The van der Waals surface area contributed by atoms with Crippen LogP contribution in [0, 0.1) is 6.92 Å². The van der Waals surface area contributed by atoms with E-state index in [9.17, 15) is 4.79 Å². The van der Waals surface area contributed by atoms with Crippen LogP contribution >= 0.6 is 11.6 Å². The van der Waals surface area contributed by atoms with E-state index in [2.05, 4.69) is 15.0 Å². The van der Waals surface area contributed by atoms with E-state index < -0.39 is 5.97 Å². The molecule has 17 heavy (non-hydrogen) atoms. The number of hydrogen-bond acceptors (Lipinski definition) is 4. The zero-order valence-corrected chi connectivity index (χ0v) is 9.64. The molecule has 2 rings (SSSR count). The summed E-state index contributed by atoms with van der Waals surface area (Å²) in [6.07, 6.45) is 4.54. The van der Waals surface area contributed by atoms with Gasteiger partial charge in [0.05, 0.1) is 11.2 Å². The van der Waals surface area contributed by atoms with Crippen LogP contribution in [0.4, 0.5) is 0 Å². The lowest BCUT2D eigenvalue weighted by molar-refractivity contribution is 0.0690. The van der Waals surface area contributed by atoms with E-state index in [4.69, 9.17) is 16.7 Å². The lowest BCUT2D eigenvalue weighted by atomic mass is 10.1. The molecule has 2 aromatic rings. The van der Waals surface area contributed by atoms with Crippen molar-refractivity contribution >= 4 is 17.6 Å². The van der Waals surface area contributed by atoms with Crippen molar-refractivity contribution in [2.75, 3.05) is 0 Å². The Balaban J connectivity index is 2.58. The number of carboxylic acids is 1. The number of rotatable bonds is 2. The van der Waals surface area contributed by atoms with Crippen LogP contribution < -0.4 is 0 Å². The molecule has 0 amide bonds. The minimum Gasteiger partial charge on any atom is -0.476 e. The van der Waals surface area contributed by atoms with E-state index in [1.165, 1.54) is 6.20 Å². The summed E-state index contributed by atoms with van der Waals surface area (Å²) in [6.45, 7) is 1.85. The summed E-state index contributed by atoms with van der Waals surface area (Å²) in [5, 5.41) is 8.94. The summed E-state index contributed by atoms with van der Waals surface area (Å²) in [5.74, 6) is -0.850. The number of aromatic carboxylic acids is 1. The number of carboxylic acid groups (broad SMARTS) is 1. The SMILES string of the molecule is Cc1cnccc1-c1ncc(Cl)c(C(=O)O)n1. The van der Waals surface area contributed by atoms with E-state index in [-0.39, 0.29) is 10.7 Å². The summed E-state index contributed by atoms with van der Waals surface area (Å²) in [5.41, 5.74) is 1.40. The summed E-state index contributed by atoms with van der Waals surface area (Å²) < 4.78 is 0. The maximum Gasteiger partial charge on any atom is 0.356 e. The second kappa shape index (κ2) is 4.47. The number of pyridine rings is 1. The van der Waals surface area contributed by atoms with Crippen molar-refractivity contribution in [2.24, 2.45) is 0 Å². The molecule has 0 aliphatic heterocycles. The first-order chi connectivity index (χ1) is 8.09. The van der Waals surface area contributed by atoms with E-state index in [1.807, 2.05) is 6.92 Å². The molecule has 1 N–H and O–H groups in total. The fourth-order valence-corrected chi connectivity index (χ4v) is 1.54. The number of aryl methyl sites for hydroxylation is 1. The van der Waals surface area contributed by atoms with Crippen LogP contribution in [-0.2, 0) is 0 Å². The molecular weight excluding hydrogens is 242 g/mol.